The SMILES string of the molecule is CC(C)Oc1c(Cl)cc(CN2CC[C@@H](CS(=O)(=O)c3cccc(C#N)c3)C2)cc1Cl. The fraction of sp³-hybridized carbons (Fsp3) is 0.409. The first-order chi connectivity index (χ1) is 14.2. The molecule has 1 fully saturated rings. The average molecular weight is 467 g/mol. The molecule has 2 aromatic carbocycles. The molecule has 1 saturated heterocycles. The molecule has 8 heteroatoms. The van der Waals surface area contributed by atoms with Crippen LogP contribution in [-0.2, 0) is 16.4 Å². The van der Waals surface area contributed by atoms with Crippen molar-refractivity contribution in [3.05, 3.63) is 57.6 Å². The number of likely N-dealkylation sites (tertiary alicyclic amines) is 1. The van der Waals surface area contributed by atoms with Gasteiger partial charge in [-0.05, 0) is 68.6 Å². The van der Waals surface area contributed by atoms with Gasteiger partial charge in [-0.25, -0.2) is 8.42 Å². The lowest BCUT2D eigenvalue weighted by atomic mass is 10.1. The summed E-state index contributed by atoms with van der Waals surface area (Å²) in [7, 11) is -3.44. The number of benzene rings is 2. The van der Waals surface area contributed by atoms with Crippen LogP contribution in [0.25, 0.3) is 0 Å². The van der Waals surface area contributed by atoms with Gasteiger partial charge in [0.2, 0.25) is 0 Å². The zero-order valence-corrected chi connectivity index (χ0v) is 19.3. The highest BCUT2D eigenvalue weighted by atomic mass is 35.5. The minimum Gasteiger partial charge on any atom is -0.488 e. The molecular weight excluding hydrogens is 443 g/mol. The Bertz CT molecular complexity index is 1040. The van der Waals surface area contributed by atoms with Crippen LogP contribution >= 0.6 is 23.2 Å². The summed E-state index contributed by atoms with van der Waals surface area (Å²) in [5.41, 5.74) is 1.31. The molecule has 1 aliphatic heterocycles. The van der Waals surface area contributed by atoms with Gasteiger partial charge in [0.15, 0.2) is 15.6 Å². The minimum absolute atomic E-state index is 0.0269. The van der Waals surface area contributed by atoms with Crippen LogP contribution in [0.3, 0.4) is 0 Å². The fourth-order valence-electron chi connectivity index (χ4n) is 3.67. The Hall–Kier alpha value is -1.78. The van der Waals surface area contributed by atoms with Gasteiger partial charge in [0, 0.05) is 13.1 Å². The molecule has 0 aromatic heterocycles. The van der Waals surface area contributed by atoms with Gasteiger partial charge in [-0.1, -0.05) is 29.3 Å². The van der Waals surface area contributed by atoms with Gasteiger partial charge >= 0.3 is 0 Å². The van der Waals surface area contributed by atoms with Gasteiger partial charge in [-0.15, -0.1) is 0 Å². The predicted octanol–water partition coefficient (Wildman–Crippen LogP) is 4.95. The number of sulfone groups is 1. The van der Waals surface area contributed by atoms with Crippen molar-refractivity contribution in [2.24, 2.45) is 5.92 Å². The molecule has 0 radical (unpaired) electrons. The van der Waals surface area contributed by atoms with Crippen molar-refractivity contribution in [3.8, 4) is 11.8 Å². The first kappa shape index (κ1) is 22.9. The summed E-state index contributed by atoms with van der Waals surface area (Å²) in [4.78, 5) is 2.41. The molecule has 0 spiro atoms. The Morgan fingerprint density at radius 3 is 2.57 bits per heavy atom. The van der Waals surface area contributed by atoms with Crippen molar-refractivity contribution in [1.29, 1.82) is 5.26 Å². The van der Waals surface area contributed by atoms with E-state index in [1.165, 1.54) is 6.07 Å². The highest BCUT2D eigenvalue weighted by Gasteiger charge is 2.28. The third-order valence-corrected chi connectivity index (χ3v) is 7.41. The molecule has 160 valence electrons. The van der Waals surface area contributed by atoms with Crippen LogP contribution in [-0.4, -0.2) is 38.3 Å². The summed E-state index contributed by atoms with van der Waals surface area (Å²) >= 11 is 12.7. The van der Waals surface area contributed by atoms with E-state index in [2.05, 4.69) is 4.90 Å². The molecule has 0 N–H and O–H groups in total. The average Bonchev–Trinajstić information content (AvgIpc) is 3.10. The monoisotopic (exact) mass is 466 g/mol. The predicted molar refractivity (Wildman–Crippen MR) is 119 cm³/mol. The highest BCUT2D eigenvalue weighted by Crippen LogP contribution is 2.35. The largest absolute Gasteiger partial charge is 0.488 e. The maximum absolute atomic E-state index is 12.8. The molecule has 30 heavy (non-hydrogen) atoms. The van der Waals surface area contributed by atoms with Crippen molar-refractivity contribution >= 4 is 33.0 Å². The molecule has 0 aliphatic carbocycles. The van der Waals surface area contributed by atoms with Crippen LogP contribution < -0.4 is 4.74 Å². The summed E-state index contributed by atoms with van der Waals surface area (Å²) in [6, 6.07) is 11.9. The summed E-state index contributed by atoms with van der Waals surface area (Å²) in [5.74, 6) is 0.596. The number of hydrogen-bond acceptors (Lipinski definition) is 5. The smallest absolute Gasteiger partial charge is 0.178 e. The standard InChI is InChI=1S/C22H24Cl2N2O3S/c1-15(2)29-22-20(23)9-18(10-21(22)24)13-26-7-6-17(12-26)14-30(27,28)19-5-3-4-16(8-19)11-25/h3-5,8-10,15,17H,6-7,12-14H2,1-2H3/t17-/m1/s1. The van der Waals surface area contributed by atoms with Crippen LogP contribution in [0, 0.1) is 17.2 Å². The van der Waals surface area contributed by atoms with E-state index in [1.54, 1.807) is 18.2 Å². The number of halogens is 2. The Labute approximate surface area is 188 Å². The molecule has 0 unspecified atom stereocenters. The molecule has 0 bridgehead atoms. The number of nitriles is 1. The molecule has 1 heterocycles. The van der Waals surface area contributed by atoms with E-state index in [9.17, 15) is 8.42 Å². The summed E-state index contributed by atoms with van der Waals surface area (Å²) in [6.45, 7) is 5.95. The highest BCUT2D eigenvalue weighted by molar-refractivity contribution is 7.91. The van der Waals surface area contributed by atoms with Crippen LogP contribution in [0.1, 0.15) is 31.4 Å². The second-order valence-electron chi connectivity index (χ2n) is 7.87. The van der Waals surface area contributed by atoms with E-state index in [0.29, 0.717) is 34.4 Å². The van der Waals surface area contributed by atoms with Crippen molar-refractivity contribution < 1.29 is 13.2 Å². The number of ether oxygens (including phenoxy) is 1. The number of hydrogen-bond donors (Lipinski definition) is 0. The van der Waals surface area contributed by atoms with Crippen molar-refractivity contribution in [2.75, 3.05) is 18.8 Å². The minimum atomic E-state index is -3.44. The third kappa shape index (κ3) is 5.67. The Morgan fingerprint density at radius 2 is 1.93 bits per heavy atom. The van der Waals surface area contributed by atoms with Gasteiger partial charge < -0.3 is 4.74 Å². The van der Waals surface area contributed by atoms with Crippen molar-refractivity contribution in [1.82, 2.24) is 4.90 Å². The maximum Gasteiger partial charge on any atom is 0.178 e. The quantitative estimate of drug-likeness (QED) is 0.577. The van der Waals surface area contributed by atoms with Crippen LogP contribution in [0.5, 0.6) is 5.75 Å². The van der Waals surface area contributed by atoms with Crippen molar-refractivity contribution in [2.45, 2.75) is 37.8 Å². The van der Waals surface area contributed by atoms with Crippen LogP contribution in [0.15, 0.2) is 41.3 Å². The lowest BCUT2D eigenvalue weighted by molar-refractivity contribution is 0.242. The van der Waals surface area contributed by atoms with E-state index in [0.717, 1.165) is 18.5 Å². The maximum atomic E-state index is 12.8. The lowest BCUT2D eigenvalue weighted by Crippen LogP contribution is -2.23. The summed E-state index contributed by atoms with van der Waals surface area (Å²) in [6.07, 6.45) is 0.772. The Morgan fingerprint density at radius 1 is 1.23 bits per heavy atom. The van der Waals surface area contributed by atoms with Crippen LogP contribution in [0.2, 0.25) is 10.0 Å². The lowest BCUT2D eigenvalue weighted by Gasteiger charge is -2.18. The Kier molecular flexibility index (Phi) is 7.30. The molecule has 0 saturated carbocycles. The molecule has 5 nitrogen and oxygen atoms in total. The summed E-state index contributed by atoms with van der Waals surface area (Å²) < 4.78 is 31.2. The number of rotatable bonds is 7. The van der Waals surface area contributed by atoms with Gasteiger partial charge in [0.1, 0.15) is 0 Å². The van der Waals surface area contributed by atoms with E-state index in [-0.39, 0.29) is 22.7 Å². The molecule has 1 atom stereocenters. The molecule has 2 aromatic rings. The second-order valence-corrected chi connectivity index (χ2v) is 10.7. The normalized spacial score (nSPS) is 17.3. The van der Waals surface area contributed by atoms with E-state index in [4.69, 9.17) is 33.2 Å². The van der Waals surface area contributed by atoms with Gasteiger partial charge in [-0.3, -0.25) is 4.90 Å². The van der Waals surface area contributed by atoms with Gasteiger partial charge in [-0.2, -0.15) is 5.26 Å². The summed E-state index contributed by atoms with van der Waals surface area (Å²) in [5, 5.41) is 9.96. The molecule has 3 rings (SSSR count). The molecule has 1 aliphatic rings. The first-order valence-electron chi connectivity index (χ1n) is 9.78. The van der Waals surface area contributed by atoms with Gasteiger partial charge in [0.05, 0.1) is 38.4 Å². The van der Waals surface area contributed by atoms with Crippen LogP contribution in [0.4, 0.5) is 0 Å². The number of nitrogens with zero attached hydrogens (tertiary/aromatic N) is 2. The zero-order chi connectivity index (χ0) is 21.9. The Balaban J connectivity index is 1.64. The van der Waals surface area contributed by atoms with E-state index < -0.39 is 9.84 Å². The van der Waals surface area contributed by atoms with E-state index >= 15 is 0 Å². The fourth-order valence-corrected chi connectivity index (χ4v) is 5.97. The van der Waals surface area contributed by atoms with Crippen molar-refractivity contribution in [3.63, 3.8) is 0 Å². The zero-order valence-electron chi connectivity index (χ0n) is 16.9. The first-order valence-corrected chi connectivity index (χ1v) is 12.2. The second kappa shape index (κ2) is 9.57. The van der Waals surface area contributed by atoms with Gasteiger partial charge in [0.25, 0.3) is 0 Å². The molecule has 0 amide bonds. The topological polar surface area (TPSA) is 70.4 Å². The van der Waals surface area contributed by atoms with E-state index in [1.807, 2.05) is 32.0 Å². The third-order valence-electron chi connectivity index (χ3n) is 4.97. The molecular formula is C22H24Cl2N2O3S.